The Morgan fingerprint density at radius 2 is 2.00 bits per heavy atom. The SMILES string of the molecule is O=C1C[C@@H](c2ccc(F)c(Br)c2)c2cnn(-c3ccccc3)c2N1. The number of anilines is 1. The third kappa shape index (κ3) is 2.53. The molecule has 1 N–H and O–H groups in total. The van der Waals surface area contributed by atoms with Crippen LogP contribution in [0.3, 0.4) is 0 Å². The number of nitrogens with zero attached hydrogens (tertiary/aromatic N) is 2. The molecule has 120 valence electrons. The van der Waals surface area contributed by atoms with Gasteiger partial charge in [-0.3, -0.25) is 4.79 Å². The first-order valence-electron chi connectivity index (χ1n) is 7.51. The molecular weight excluding hydrogens is 373 g/mol. The lowest BCUT2D eigenvalue weighted by Gasteiger charge is -2.24. The maximum atomic E-state index is 13.5. The Balaban J connectivity index is 1.82. The van der Waals surface area contributed by atoms with Crippen molar-refractivity contribution in [3.8, 4) is 5.69 Å². The molecule has 1 aliphatic rings. The van der Waals surface area contributed by atoms with E-state index in [1.807, 2.05) is 30.3 Å². The Kier molecular flexibility index (Phi) is 3.69. The molecule has 0 radical (unpaired) electrons. The lowest BCUT2D eigenvalue weighted by molar-refractivity contribution is -0.116. The first-order valence-corrected chi connectivity index (χ1v) is 8.31. The smallest absolute Gasteiger partial charge is 0.226 e. The van der Waals surface area contributed by atoms with Gasteiger partial charge in [-0.2, -0.15) is 5.10 Å². The summed E-state index contributed by atoms with van der Waals surface area (Å²) < 4.78 is 15.6. The van der Waals surface area contributed by atoms with Crippen molar-refractivity contribution in [1.82, 2.24) is 9.78 Å². The van der Waals surface area contributed by atoms with Crippen LogP contribution in [0.4, 0.5) is 10.2 Å². The van der Waals surface area contributed by atoms with Crippen LogP contribution in [-0.4, -0.2) is 15.7 Å². The van der Waals surface area contributed by atoms with Crippen LogP contribution in [0, 0.1) is 5.82 Å². The highest BCUT2D eigenvalue weighted by Crippen LogP contribution is 2.38. The van der Waals surface area contributed by atoms with Gasteiger partial charge in [0.05, 0.1) is 16.4 Å². The summed E-state index contributed by atoms with van der Waals surface area (Å²) in [7, 11) is 0. The van der Waals surface area contributed by atoms with Gasteiger partial charge in [-0.15, -0.1) is 0 Å². The summed E-state index contributed by atoms with van der Waals surface area (Å²) >= 11 is 3.21. The maximum absolute atomic E-state index is 13.5. The number of amides is 1. The number of nitrogens with one attached hydrogen (secondary N) is 1. The van der Waals surface area contributed by atoms with Crippen LogP contribution in [0.15, 0.2) is 59.2 Å². The van der Waals surface area contributed by atoms with Crippen LogP contribution in [0.5, 0.6) is 0 Å². The number of aromatic nitrogens is 2. The average Bonchev–Trinajstić information content (AvgIpc) is 3.01. The number of halogens is 2. The minimum atomic E-state index is -0.320. The minimum absolute atomic E-state index is 0.0781. The van der Waals surface area contributed by atoms with Crippen LogP contribution in [-0.2, 0) is 4.79 Å². The summed E-state index contributed by atoms with van der Waals surface area (Å²) in [5.41, 5.74) is 2.68. The van der Waals surface area contributed by atoms with E-state index < -0.39 is 0 Å². The summed E-state index contributed by atoms with van der Waals surface area (Å²) in [6.45, 7) is 0. The zero-order valence-electron chi connectivity index (χ0n) is 12.5. The molecule has 6 heteroatoms. The first kappa shape index (κ1) is 15.1. The van der Waals surface area contributed by atoms with Crippen LogP contribution in [0.25, 0.3) is 5.69 Å². The molecule has 2 aromatic carbocycles. The molecule has 0 bridgehead atoms. The largest absolute Gasteiger partial charge is 0.310 e. The number of carbonyl (C=O) groups is 1. The van der Waals surface area contributed by atoms with Gasteiger partial charge in [-0.05, 0) is 45.8 Å². The van der Waals surface area contributed by atoms with Gasteiger partial charge in [0.2, 0.25) is 5.91 Å². The van der Waals surface area contributed by atoms with Crippen molar-refractivity contribution < 1.29 is 9.18 Å². The molecule has 1 amide bonds. The molecule has 1 atom stereocenters. The summed E-state index contributed by atoms with van der Waals surface area (Å²) in [4.78, 5) is 12.2. The molecule has 0 saturated carbocycles. The van der Waals surface area contributed by atoms with E-state index in [9.17, 15) is 9.18 Å². The number of carbonyl (C=O) groups excluding carboxylic acids is 1. The van der Waals surface area contributed by atoms with Gasteiger partial charge in [-0.1, -0.05) is 24.3 Å². The van der Waals surface area contributed by atoms with Crippen molar-refractivity contribution >= 4 is 27.7 Å². The highest BCUT2D eigenvalue weighted by molar-refractivity contribution is 9.10. The van der Waals surface area contributed by atoms with Gasteiger partial charge in [0, 0.05) is 17.9 Å². The van der Waals surface area contributed by atoms with Crippen molar-refractivity contribution in [2.24, 2.45) is 0 Å². The molecule has 4 nitrogen and oxygen atoms in total. The summed E-state index contributed by atoms with van der Waals surface area (Å²) in [6, 6.07) is 14.5. The Hall–Kier alpha value is -2.47. The van der Waals surface area contributed by atoms with Gasteiger partial charge in [-0.25, -0.2) is 9.07 Å². The van der Waals surface area contributed by atoms with Gasteiger partial charge in [0.25, 0.3) is 0 Å². The topological polar surface area (TPSA) is 46.9 Å². The molecule has 0 fully saturated rings. The normalized spacial score (nSPS) is 16.6. The Morgan fingerprint density at radius 3 is 2.75 bits per heavy atom. The lowest BCUT2D eigenvalue weighted by Crippen LogP contribution is -2.24. The number of benzene rings is 2. The van der Waals surface area contributed by atoms with Gasteiger partial charge >= 0.3 is 0 Å². The fourth-order valence-corrected chi connectivity index (χ4v) is 3.41. The maximum Gasteiger partial charge on any atom is 0.226 e. The fraction of sp³-hybridized carbons (Fsp3) is 0.111. The average molecular weight is 386 g/mol. The number of para-hydroxylation sites is 1. The molecule has 0 spiro atoms. The van der Waals surface area contributed by atoms with Gasteiger partial charge in [0.15, 0.2) is 0 Å². The van der Waals surface area contributed by atoms with Crippen molar-refractivity contribution in [2.75, 3.05) is 5.32 Å². The van der Waals surface area contributed by atoms with Crippen LogP contribution < -0.4 is 5.32 Å². The third-order valence-corrected chi connectivity index (χ3v) is 4.77. The molecular formula is C18H13BrFN3O. The van der Waals surface area contributed by atoms with E-state index in [4.69, 9.17) is 0 Å². The van der Waals surface area contributed by atoms with Crippen LogP contribution in [0.2, 0.25) is 0 Å². The van der Waals surface area contributed by atoms with E-state index in [-0.39, 0.29) is 17.6 Å². The van der Waals surface area contributed by atoms with Crippen LogP contribution >= 0.6 is 15.9 Å². The number of hydrogen-bond acceptors (Lipinski definition) is 2. The second kappa shape index (κ2) is 5.87. The highest BCUT2D eigenvalue weighted by Gasteiger charge is 2.30. The van der Waals surface area contributed by atoms with E-state index >= 15 is 0 Å². The van der Waals surface area contributed by atoms with Crippen molar-refractivity contribution in [1.29, 1.82) is 0 Å². The predicted octanol–water partition coefficient (Wildman–Crippen LogP) is 4.25. The molecule has 3 aromatic rings. The third-order valence-electron chi connectivity index (χ3n) is 4.17. The first-order chi connectivity index (χ1) is 11.6. The Labute approximate surface area is 146 Å². The quantitative estimate of drug-likeness (QED) is 0.716. The van der Waals surface area contributed by atoms with E-state index in [1.54, 1.807) is 23.0 Å². The van der Waals surface area contributed by atoms with E-state index in [0.717, 1.165) is 16.8 Å². The van der Waals surface area contributed by atoms with E-state index in [0.29, 0.717) is 16.7 Å². The Bertz CT molecular complexity index is 923. The molecule has 2 heterocycles. The monoisotopic (exact) mass is 385 g/mol. The number of rotatable bonds is 2. The zero-order valence-corrected chi connectivity index (χ0v) is 14.1. The standard InChI is InChI=1S/C18H13BrFN3O/c19-15-8-11(6-7-16(15)20)13-9-17(24)22-18-14(13)10-21-23(18)12-4-2-1-3-5-12/h1-8,10,13H,9H2,(H,22,24)/t13-/m0/s1. The summed E-state index contributed by atoms with van der Waals surface area (Å²) in [5.74, 6) is 0.121. The molecule has 1 aromatic heterocycles. The molecule has 0 aliphatic carbocycles. The van der Waals surface area contributed by atoms with E-state index in [2.05, 4.69) is 26.3 Å². The fourth-order valence-electron chi connectivity index (χ4n) is 3.01. The second-order valence-corrected chi connectivity index (χ2v) is 6.53. The minimum Gasteiger partial charge on any atom is -0.310 e. The van der Waals surface area contributed by atoms with E-state index in [1.165, 1.54) is 6.07 Å². The molecule has 1 aliphatic heterocycles. The molecule has 4 rings (SSSR count). The number of fused-ring (bicyclic) bond motifs is 1. The molecule has 0 saturated heterocycles. The van der Waals surface area contributed by atoms with Crippen LogP contribution in [0.1, 0.15) is 23.5 Å². The van der Waals surface area contributed by atoms with Crippen molar-refractivity contribution in [3.63, 3.8) is 0 Å². The highest BCUT2D eigenvalue weighted by atomic mass is 79.9. The number of hydrogen-bond donors (Lipinski definition) is 1. The lowest BCUT2D eigenvalue weighted by atomic mass is 9.87. The molecule has 0 unspecified atom stereocenters. The summed E-state index contributed by atoms with van der Waals surface area (Å²) in [6.07, 6.45) is 2.08. The predicted molar refractivity (Wildman–Crippen MR) is 92.8 cm³/mol. The van der Waals surface area contributed by atoms with Crippen molar-refractivity contribution in [3.05, 3.63) is 76.1 Å². The second-order valence-electron chi connectivity index (χ2n) is 5.67. The molecule has 24 heavy (non-hydrogen) atoms. The van der Waals surface area contributed by atoms with Gasteiger partial charge in [0.1, 0.15) is 11.6 Å². The summed E-state index contributed by atoms with van der Waals surface area (Å²) in [5, 5.41) is 7.34. The zero-order chi connectivity index (χ0) is 16.7. The Morgan fingerprint density at radius 1 is 1.21 bits per heavy atom. The van der Waals surface area contributed by atoms with Gasteiger partial charge < -0.3 is 5.32 Å². The van der Waals surface area contributed by atoms with Crippen molar-refractivity contribution in [2.45, 2.75) is 12.3 Å².